The van der Waals surface area contributed by atoms with Crippen molar-refractivity contribution in [1.82, 2.24) is 0 Å². The Morgan fingerprint density at radius 2 is 1.73 bits per heavy atom. The molecule has 1 aromatic carbocycles. The molecule has 0 spiro atoms. The van der Waals surface area contributed by atoms with Crippen molar-refractivity contribution >= 4 is 31.9 Å². The van der Waals surface area contributed by atoms with Gasteiger partial charge < -0.3 is 9.47 Å². The Kier molecular flexibility index (Phi) is 4.93. The molecule has 4 heteroatoms. The van der Waals surface area contributed by atoms with Crippen molar-refractivity contribution in [1.29, 1.82) is 0 Å². The van der Waals surface area contributed by atoms with Crippen molar-refractivity contribution in [2.75, 3.05) is 14.2 Å². The fourth-order valence-electron chi connectivity index (χ4n) is 1.33. The van der Waals surface area contributed by atoms with Gasteiger partial charge in [-0.2, -0.15) is 0 Å². The molecule has 0 amide bonds. The zero-order valence-electron chi connectivity index (χ0n) is 9.01. The molecule has 0 N–H and O–H groups in total. The molecule has 15 heavy (non-hydrogen) atoms. The van der Waals surface area contributed by atoms with Crippen LogP contribution in [0.15, 0.2) is 16.6 Å². The fourth-order valence-corrected chi connectivity index (χ4v) is 2.61. The summed E-state index contributed by atoms with van der Waals surface area (Å²) in [5.74, 6) is 1.50. The van der Waals surface area contributed by atoms with Crippen LogP contribution >= 0.6 is 31.9 Å². The normalized spacial score (nSPS) is 12.3. The molecular formula is C11H14Br2O2. The van der Waals surface area contributed by atoms with Gasteiger partial charge in [0.15, 0.2) is 11.5 Å². The molecule has 0 bridgehead atoms. The van der Waals surface area contributed by atoms with E-state index in [1.807, 2.05) is 12.1 Å². The second kappa shape index (κ2) is 5.75. The van der Waals surface area contributed by atoms with Crippen LogP contribution in [-0.4, -0.2) is 14.2 Å². The minimum absolute atomic E-state index is 0.326. The molecule has 0 aliphatic rings. The van der Waals surface area contributed by atoms with Gasteiger partial charge in [-0.25, -0.2) is 0 Å². The van der Waals surface area contributed by atoms with Gasteiger partial charge in [0.05, 0.1) is 14.2 Å². The van der Waals surface area contributed by atoms with E-state index in [0.29, 0.717) is 4.83 Å². The average Bonchev–Trinajstić information content (AvgIpc) is 2.27. The van der Waals surface area contributed by atoms with Crippen LogP contribution in [0.5, 0.6) is 11.5 Å². The Morgan fingerprint density at radius 3 is 2.20 bits per heavy atom. The summed E-state index contributed by atoms with van der Waals surface area (Å²) >= 11 is 7.15. The smallest absolute Gasteiger partial charge is 0.161 e. The minimum Gasteiger partial charge on any atom is -0.493 e. The zero-order chi connectivity index (χ0) is 11.4. The second-order valence-corrected chi connectivity index (χ2v) is 5.06. The first-order valence-electron chi connectivity index (χ1n) is 4.69. The lowest BCUT2D eigenvalue weighted by Crippen LogP contribution is -1.95. The molecular weight excluding hydrogens is 324 g/mol. The first-order chi connectivity index (χ1) is 7.13. The highest BCUT2D eigenvalue weighted by Gasteiger charge is 2.14. The van der Waals surface area contributed by atoms with E-state index in [1.165, 1.54) is 5.56 Å². The standard InChI is InChI=1S/C11H14Br2O2/c1-4-8(12)7-5-10(14-2)11(15-3)6-9(7)13/h5-6,8H,4H2,1-3H3. The summed E-state index contributed by atoms with van der Waals surface area (Å²) in [6.07, 6.45) is 1.02. The first-order valence-corrected chi connectivity index (χ1v) is 6.40. The maximum Gasteiger partial charge on any atom is 0.161 e. The van der Waals surface area contributed by atoms with Crippen molar-refractivity contribution in [3.63, 3.8) is 0 Å². The molecule has 1 unspecified atom stereocenters. The SMILES string of the molecule is CCC(Br)c1cc(OC)c(OC)cc1Br. The Labute approximate surface area is 107 Å². The first kappa shape index (κ1) is 12.8. The summed E-state index contributed by atoms with van der Waals surface area (Å²) in [7, 11) is 3.28. The number of hydrogen-bond donors (Lipinski definition) is 0. The maximum atomic E-state index is 5.26. The third kappa shape index (κ3) is 2.88. The molecule has 0 heterocycles. The number of ether oxygens (including phenoxy) is 2. The van der Waals surface area contributed by atoms with Crippen molar-refractivity contribution in [3.05, 3.63) is 22.2 Å². The van der Waals surface area contributed by atoms with Crippen molar-refractivity contribution in [2.45, 2.75) is 18.2 Å². The molecule has 1 aromatic rings. The molecule has 0 aliphatic heterocycles. The Hall–Kier alpha value is -0.220. The van der Waals surface area contributed by atoms with Crippen LogP contribution in [0.3, 0.4) is 0 Å². The van der Waals surface area contributed by atoms with Gasteiger partial charge in [0.2, 0.25) is 0 Å². The van der Waals surface area contributed by atoms with E-state index >= 15 is 0 Å². The fraction of sp³-hybridized carbons (Fsp3) is 0.455. The predicted octanol–water partition coefficient (Wildman–Crippen LogP) is 4.31. The summed E-state index contributed by atoms with van der Waals surface area (Å²) in [6.45, 7) is 2.13. The molecule has 0 saturated carbocycles. The Balaban J connectivity index is 3.19. The van der Waals surface area contributed by atoms with Crippen LogP contribution in [0.25, 0.3) is 0 Å². The third-order valence-corrected chi connectivity index (χ3v) is 4.03. The maximum absolute atomic E-state index is 5.26. The predicted molar refractivity (Wildman–Crippen MR) is 69.2 cm³/mol. The number of benzene rings is 1. The number of hydrogen-bond acceptors (Lipinski definition) is 2. The van der Waals surface area contributed by atoms with E-state index < -0.39 is 0 Å². The molecule has 0 saturated heterocycles. The summed E-state index contributed by atoms with van der Waals surface area (Å²) < 4.78 is 11.5. The van der Waals surface area contributed by atoms with Gasteiger partial charge in [0, 0.05) is 9.30 Å². The molecule has 84 valence electrons. The van der Waals surface area contributed by atoms with E-state index in [1.54, 1.807) is 14.2 Å². The van der Waals surface area contributed by atoms with Gasteiger partial charge >= 0.3 is 0 Å². The van der Waals surface area contributed by atoms with Crippen LogP contribution in [0, 0.1) is 0 Å². The van der Waals surface area contributed by atoms with E-state index in [0.717, 1.165) is 22.4 Å². The number of halogens is 2. The molecule has 0 aliphatic carbocycles. The van der Waals surface area contributed by atoms with Gasteiger partial charge in [0.25, 0.3) is 0 Å². The molecule has 0 aromatic heterocycles. The lowest BCUT2D eigenvalue weighted by Gasteiger charge is -2.14. The average molecular weight is 338 g/mol. The van der Waals surface area contributed by atoms with Gasteiger partial charge in [0.1, 0.15) is 0 Å². The lowest BCUT2D eigenvalue weighted by atomic mass is 10.1. The molecule has 2 nitrogen and oxygen atoms in total. The number of rotatable bonds is 4. The lowest BCUT2D eigenvalue weighted by molar-refractivity contribution is 0.354. The molecule has 1 atom stereocenters. The van der Waals surface area contributed by atoms with Crippen molar-refractivity contribution < 1.29 is 9.47 Å². The van der Waals surface area contributed by atoms with E-state index in [4.69, 9.17) is 9.47 Å². The monoisotopic (exact) mass is 336 g/mol. The molecule has 1 rings (SSSR count). The topological polar surface area (TPSA) is 18.5 Å². The van der Waals surface area contributed by atoms with Crippen LogP contribution in [-0.2, 0) is 0 Å². The zero-order valence-corrected chi connectivity index (χ0v) is 12.2. The summed E-state index contributed by atoms with van der Waals surface area (Å²) in [4.78, 5) is 0.326. The second-order valence-electron chi connectivity index (χ2n) is 3.10. The van der Waals surface area contributed by atoms with E-state index in [2.05, 4.69) is 38.8 Å². The highest BCUT2D eigenvalue weighted by atomic mass is 79.9. The number of alkyl halides is 1. The van der Waals surface area contributed by atoms with Crippen LogP contribution in [0.2, 0.25) is 0 Å². The van der Waals surface area contributed by atoms with Crippen LogP contribution in [0.1, 0.15) is 23.7 Å². The highest BCUT2D eigenvalue weighted by Crippen LogP contribution is 2.39. The molecule has 0 radical (unpaired) electrons. The third-order valence-electron chi connectivity index (χ3n) is 2.20. The van der Waals surface area contributed by atoms with Crippen molar-refractivity contribution in [2.24, 2.45) is 0 Å². The van der Waals surface area contributed by atoms with Gasteiger partial charge in [-0.05, 0) is 24.1 Å². The molecule has 0 fully saturated rings. The van der Waals surface area contributed by atoms with Crippen molar-refractivity contribution in [3.8, 4) is 11.5 Å². The quantitative estimate of drug-likeness (QED) is 0.762. The summed E-state index contributed by atoms with van der Waals surface area (Å²) in [6, 6.07) is 3.92. The van der Waals surface area contributed by atoms with E-state index in [-0.39, 0.29) is 0 Å². The number of methoxy groups -OCH3 is 2. The van der Waals surface area contributed by atoms with Crippen LogP contribution < -0.4 is 9.47 Å². The van der Waals surface area contributed by atoms with Gasteiger partial charge in [-0.1, -0.05) is 38.8 Å². The summed E-state index contributed by atoms with van der Waals surface area (Å²) in [5, 5.41) is 0. The van der Waals surface area contributed by atoms with E-state index in [9.17, 15) is 0 Å². The van der Waals surface area contributed by atoms with Gasteiger partial charge in [-0.15, -0.1) is 0 Å². The largest absolute Gasteiger partial charge is 0.493 e. The van der Waals surface area contributed by atoms with Gasteiger partial charge in [-0.3, -0.25) is 0 Å². The minimum atomic E-state index is 0.326. The Bertz CT molecular complexity index is 340. The summed E-state index contributed by atoms with van der Waals surface area (Å²) in [5.41, 5.74) is 1.18. The van der Waals surface area contributed by atoms with Crippen LogP contribution in [0.4, 0.5) is 0 Å². The Morgan fingerprint density at radius 1 is 1.20 bits per heavy atom. The highest BCUT2D eigenvalue weighted by molar-refractivity contribution is 9.11.